The zero-order valence-electron chi connectivity index (χ0n) is 22.4. The molecule has 38 heavy (non-hydrogen) atoms. The first-order chi connectivity index (χ1) is 18.3. The van der Waals surface area contributed by atoms with E-state index >= 15 is 0 Å². The Morgan fingerprint density at radius 3 is 2.00 bits per heavy atom. The topological polar surface area (TPSA) is 80.0 Å². The van der Waals surface area contributed by atoms with Crippen LogP contribution in [0.2, 0.25) is 0 Å². The molecule has 7 heteroatoms. The molecule has 0 saturated heterocycles. The molecule has 7 nitrogen and oxygen atoms in total. The fraction of sp³-hybridized carbons (Fsp3) is 0.290. The van der Waals surface area contributed by atoms with Gasteiger partial charge in [0.1, 0.15) is 23.0 Å². The van der Waals surface area contributed by atoms with Crippen LogP contribution in [0.25, 0.3) is 22.6 Å². The number of nitrogens with zero attached hydrogens (tertiary/aromatic N) is 1. The first kappa shape index (κ1) is 26.8. The number of benzene rings is 3. The minimum Gasteiger partial charge on any atom is -0.497 e. The highest BCUT2D eigenvalue weighted by Gasteiger charge is 2.31. The Morgan fingerprint density at radius 1 is 0.842 bits per heavy atom. The smallest absolute Gasteiger partial charge is 0.349 e. The minimum atomic E-state index is -1.07. The number of carbonyl (C=O) groups is 1. The number of esters is 1. The van der Waals surface area contributed by atoms with E-state index in [1.54, 1.807) is 40.0 Å². The van der Waals surface area contributed by atoms with Crippen molar-refractivity contribution in [1.29, 1.82) is 0 Å². The lowest BCUT2D eigenvalue weighted by Gasteiger charge is -2.24. The van der Waals surface area contributed by atoms with Gasteiger partial charge in [0.25, 0.3) is 0 Å². The fourth-order valence-electron chi connectivity index (χ4n) is 3.88. The van der Waals surface area contributed by atoms with Crippen molar-refractivity contribution < 1.29 is 28.2 Å². The zero-order chi connectivity index (χ0) is 27.1. The van der Waals surface area contributed by atoms with Gasteiger partial charge < -0.3 is 23.4 Å². The number of ether oxygens (including phenoxy) is 4. The summed E-state index contributed by atoms with van der Waals surface area (Å²) in [6.07, 6.45) is 0.605. The molecule has 4 rings (SSSR count). The number of hydrogen-bond donors (Lipinski definition) is 0. The van der Waals surface area contributed by atoms with Crippen molar-refractivity contribution in [3.63, 3.8) is 0 Å². The molecule has 1 heterocycles. The Kier molecular flexibility index (Phi) is 8.36. The normalized spacial score (nSPS) is 11.2. The van der Waals surface area contributed by atoms with Crippen LogP contribution in [0.15, 0.2) is 77.2 Å². The Balaban J connectivity index is 1.32. The number of carbonyl (C=O) groups excluding carboxylic acids is 1. The second-order valence-electron chi connectivity index (χ2n) is 9.23. The van der Waals surface area contributed by atoms with Crippen molar-refractivity contribution in [3.05, 3.63) is 84.3 Å². The fourth-order valence-corrected chi connectivity index (χ4v) is 3.88. The molecule has 4 aromatic rings. The molecule has 0 saturated carbocycles. The third kappa shape index (κ3) is 6.54. The number of aryl methyl sites for hydroxylation is 1. The summed E-state index contributed by atoms with van der Waals surface area (Å²) in [5.41, 5.74) is 2.92. The molecular weight excluding hydrogens is 482 g/mol. The summed E-state index contributed by atoms with van der Waals surface area (Å²) in [4.78, 5) is 16.7. The van der Waals surface area contributed by atoms with Crippen LogP contribution in [0.5, 0.6) is 17.2 Å². The number of methoxy groups -OCH3 is 1. The van der Waals surface area contributed by atoms with Crippen LogP contribution < -0.4 is 14.2 Å². The van der Waals surface area contributed by atoms with Crippen LogP contribution in [0.3, 0.4) is 0 Å². The van der Waals surface area contributed by atoms with E-state index in [0.717, 1.165) is 33.9 Å². The van der Waals surface area contributed by atoms with Gasteiger partial charge in [-0.2, -0.15) is 0 Å². The van der Waals surface area contributed by atoms with Gasteiger partial charge in [0.05, 0.1) is 26.0 Å². The second-order valence-corrected chi connectivity index (χ2v) is 9.23. The lowest BCUT2D eigenvalue weighted by Crippen LogP contribution is -2.39. The lowest BCUT2D eigenvalue weighted by molar-refractivity contribution is -0.158. The third-order valence-electron chi connectivity index (χ3n) is 6.02. The van der Waals surface area contributed by atoms with Crippen molar-refractivity contribution in [2.75, 3.05) is 20.3 Å². The molecular formula is C31H33NO6. The molecule has 0 radical (unpaired) electrons. The van der Waals surface area contributed by atoms with Crippen molar-refractivity contribution in [2.45, 2.75) is 39.7 Å². The molecule has 0 unspecified atom stereocenters. The molecule has 0 fully saturated rings. The maximum atomic E-state index is 12.0. The van der Waals surface area contributed by atoms with E-state index in [9.17, 15) is 4.79 Å². The van der Waals surface area contributed by atoms with Crippen molar-refractivity contribution >= 4 is 5.97 Å². The van der Waals surface area contributed by atoms with Crippen LogP contribution in [0.4, 0.5) is 0 Å². The number of hydrogen-bond acceptors (Lipinski definition) is 7. The van der Waals surface area contributed by atoms with Gasteiger partial charge in [-0.1, -0.05) is 24.3 Å². The van der Waals surface area contributed by atoms with Crippen LogP contribution >= 0.6 is 0 Å². The SMILES string of the molecule is CCOC(=O)C(C)(C)Oc1ccc(OCCc2nc(-c3ccc(-c4ccc(OC)cc4)cc3)oc2C)cc1. The van der Waals surface area contributed by atoms with Gasteiger partial charge >= 0.3 is 5.97 Å². The maximum absolute atomic E-state index is 12.0. The quantitative estimate of drug-likeness (QED) is 0.206. The average molecular weight is 516 g/mol. The van der Waals surface area contributed by atoms with E-state index in [0.29, 0.717) is 37.0 Å². The Labute approximate surface area is 223 Å². The summed E-state index contributed by atoms with van der Waals surface area (Å²) in [6.45, 7) is 7.79. The van der Waals surface area contributed by atoms with E-state index in [1.165, 1.54) is 0 Å². The maximum Gasteiger partial charge on any atom is 0.349 e. The van der Waals surface area contributed by atoms with Gasteiger partial charge in [-0.25, -0.2) is 9.78 Å². The molecule has 0 bridgehead atoms. The van der Waals surface area contributed by atoms with Crippen molar-refractivity contribution in [1.82, 2.24) is 4.98 Å². The first-order valence-corrected chi connectivity index (χ1v) is 12.6. The van der Waals surface area contributed by atoms with Crippen molar-refractivity contribution in [3.8, 4) is 39.8 Å². The van der Waals surface area contributed by atoms with E-state index in [1.807, 2.05) is 55.5 Å². The second kappa shape index (κ2) is 11.9. The van der Waals surface area contributed by atoms with Gasteiger partial charge in [-0.15, -0.1) is 0 Å². The van der Waals surface area contributed by atoms with E-state index in [-0.39, 0.29) is 0 Å². The lowest BCUT2D eigenvalue weighted by atomic mass is 10.0. The largest absolute Gasteiger partial charge is 0.497 e. The highest BCUT2D eigenvalue weighted by molar-refractivity contribution is 5.79. The Hall–Kier alpha value is -4.26. The molecule has 0 aliphatic rings. The van der Waals surface area contributed by atoms with Crippen LogP contribution in [0.1, 0.15) is 32.2 Å². The Morgan fingerprint density at radius 2 is 1.39 bits per heavy atom. The average Bonchev–Trinajstić information content (AvgIpc) is 3.30. The third-order valence-corrected chi connectivity index (χ3v) is 6.02. The van der Waals surface area contributed by atoms with Gasteiger partial charge in [0.15, 0.2) is 5.60 Å². The van der Waals surface area contributed by atoms with Gasteiger partial charge in [0.2, 0.25) is 5.89 Å². The summed E-state index contributed by atoms with van der Waals surface area (Å²) in [5.74, 6) is 3.04. The predicted molar refractivity (Wildman–Crippen MR) is 146 cm³/mol. The molecule has 0 spiro atoms. The number of rotatable bonds is 11. The number of oxazole rings is 1. The van der Waals surface area contributed by atoms with E-state index < -0.39 is 11.6 Å². The predicted octanol–water partition coefficient (Wildman–Crippen LogP) is 6.67. The van der Waals surface area contributed by atoms with Gasteiger partial charge in [0, 0.05) is 12.0 Å². The summed E-state index contributed by atoms with van der Waals surface area (Å²) < 4.78 is 27.9. The summed E-state index contributed by atoms with van der Waals surface area (Å²) >= 11 is 0. The van der Waals surface area contributed by atoms with E-state index in [2.05, 4.69) is 12.1 Å². The Bertz CT molecular complexity index is 1340. The van der Waals surface area contributed by atoms with Crippen molar-refractivity contribution in [2.24, 2.45) is 0 Å². The summed E-state index contributed by atoms with van der Waals surface area (Å²) in [5, 5.41) is 0. The monoisotopic (exact) mass is 515 g/mol. The standard InChI is InChI=1S/C31H33NO6/c1-6-35-30(33)31(3,4)38-27-17-15-26(16-18-27)36-20-19-28-21(2)37-29(32-28)24-9-7-22(8-10-24)23-11-13-25(34-5)14-12-23/h7-18H,6,19-20H2,1-5H3. The molecule has 1 aromatic heterocycles. The first-order valence-electron chi connectivity index (χ1n) is 12.6. The summed E-state index contributed by atoms with van der Waals surface area (Å²) in [6, 6.07) is 23.3. The molecule has 0 aliphatic heterocycles. The molecule has 0 atom stereocenters. The van der Waals surface area contributed by atoms with Gasteiger partial charge in [-0.3, -0.25) is 0 Å². The van der Waals surface area contributed by atoms with Gasteiger partial charge in [-0.05, 0) is 87.4 Å². The van der Waals surface area contributed by atoms with Crippen LogP contribution in [0, 0.1) is 6.92 Å². The minimum absolute atomic E-state index is 0.307. The number of aromatic nitrogens is 1. The molecule has 198 valence electrons. The van der Waals surface area contributed by atoms with Crippen LogP contribution in [-0.2, 0) is 16.0 Å². The molecule has 0 N–H and O–H groups in total. The highest BCUT2D eigenvalue weighted by Crippen LogP contribution is 2.28. The molecule has 0 aliphatic carbocycles. The van der Waals surface area contributed by atoms with Crippen LogP contribution in [-0.4, -0.2) is 36.9 Å². The molecule has 3 aromatic carbocycles. The highest BCUT2D eigenvalue weighted by atomic mass is 16.6. The summed E-state index contributed by atoms with van der Waals surface area (Å²) in [7, 11) is 1.66. The molecule has 0 amide bonds. The van der Waals surface area contributed by atoms with E-state index in [4.69, 9.17) is 28.3 Å². The zero-order valence-corrected chi connectivity index (χ0v) is 22.4.